The number of hydrogen-bond acceptors (Lipinski definition) is 3. The summed E-state index contributed by atoms with van der Waals surface area (Å²) in [6, 6.07) is 30.8. The molecule has 1 aliphatic rings. The highest BCUT2D eigenvalue weighted by molar-refractivity contribution is 7.87. The minimum atomic E-state index is -2.54. The predicted octanol–water partition coefficient (Wildman–Crippen LogP) is 5.35. The van der Waals surface area contributed by atoms with Crippen LogP contribution in [0.25, 0.3) is 0 Å². The topological polar surface area (TPSA) is 38.7 Å². The first-order valence-corrected chi connectivity index (χ1v) is 12.5. The van der Waals surface area contributed by atoms with Crippen LogP contribution in [-0.2, 0) is 9.53 Å². The fraction of sp³-hybridized carbons (Fsp3) is 0.107. The summed E-state index contributed by atoms with van der Waals surface area (Å²) in [7, 11) is -2.54. The summed E-state index contributed by atoms with van der Waals surface area (Å²) >= 11 is 0. The largest absolute Gasteiger partial charge is 0.461 e. The predicted molar refractivity (Wildman–Crippen MR) is 134 cm³/mol. The van der Waals surface area contributed by atoms with Crippen molar-refractivity contribution in [1.29, 1.82) is 0 Å². The smallest absolute Gasteiger partial charge is 0.356 e. The van der Waals surface area contributed by atoms with Gasteiger partial charge >= 0.3 is 5.97 Å². The van der Waals surface area contributed by atoms with Crippen LogP contribution in [0.1, 0.15) is 6.92 Å². The molecule has 0 atom stereocenters. The maximum atomic E-state index is 13.1. The van der Waals surface area contributed by atoms with Crippen LogP contribution in [-0.4, -0.2) is 12.6 Å². The molecule has 0 saturated heterocycles. The number of rotatable bonds is 7. The number of hydrogen-bond donors (Lipinski definition) is 0. The van der Waals surface area contributed by atoms with E-state index >= 15 is 0 Å². The molecule has 32 heavy (non-hydrogen) atoms. The molecule has 0 N–H and O–H groups in total. The first kappa shape index (κ1) is 21.8. The lowest BCUT2D eigenvalue weighted by Crippen LogP contribution is -2.26. The summed E-state index contributed by atoms with van der Waals surface area (Å²) in [4.78, 5) is 13.1. The number of allylic oxidation sites excluding steroid dienone is 5. The van der Waals surface area contributed by atoms with Crippen molar-refractivity contribution in [3.05, 3.63) is 127 Å². The number of esters is 1. The Morgan fingerprint density at radius 2 is 1.25 bits per heavy atom. The molecule has 0 aromatic heterocycles. The number of ether oxygens (including phenoxy) is 1. The Morgan fingerprint density at radius 3 is 1.66 bits per heavy atom. The minimum absolute atomic E-state index is 0.0161. The van der Waals surface area contributed by atoms with Crippen molar-refractivity contribution in [2.24, 2.45) is 10.7 Å². The van der Waals surface area contributed by atoms with E-state index in [1.54, 1.807) is 0 Å². The zero-order chi connectivity index (χ0) is 22.2. The third kappa shape index (κ3) is 4.59. The molecule has 4 rings (SSSR count). The Morgan fingerprint density at radius 1 is 0.812 bits per heavy atom. The Balaban J connectivity index is 2.07. The van der Waals surface area contributed by atoms with E-state index in [4.69, 9.17) is 9.48 Å². The molecule has 0 unspecified atom stereocenters. The van der Waals surface area contributed by atoms with Crippen molar-refractivity contribution in [3.8, 4) is 0 Å². The Hall–Kier alpha value is -3.42. The van der Waals surface area contributed by atoms with Gasteiger partial charge in [0, 0.05) is 21.8 Å². The maximum Gasteiger partial charge on any atom is 0.356 e. The van der Waals surface area contributed by atoms with Gasteiger partial charge in [0.2, 0.25) is 0 Å². The lowest BCUT2D eigenvalue weighted by atomic mass is 10.1. The summed E-state index contributed by atoms with van der Waals surface area (Å²) in [6.07, 6.45) is 9.96. The number of carbonyl (C=O) groups excluding carboxylic acids is 1. The van der Waals surface area contributed by atoms with E-state index in [0.717, 1.165) is 15.9 Å². The molecular formula is C28H26NO2P. The summed E-state index contributed by atoms with van der Waals surface area (Å²) in [5.41, 5.74) is 0.359. The van der Waals surface area contributed by atoms with Crippen LogP contribution in [0.15, 0.2) is 132 Å². The third-order valence-electron chi connectivity index (χ3n) is 5.26. The molecular weight excluding hydrogens is 413 g/mol. The number of benzene rings is 3. The first-order valence-electron chi connectivity index (χ1n) is 10.8. The van der Waals surface area contributed by atoms with Crippen molar-refractivity contribution in [2.75, 3.05) is 6.61 Å². The van der Waals surface area contributed by atoms with E-state index in [1.165, 1.54) is 0 Å². The zero-order valence-electron chi connectivity index (χ0n) is 18.0. The normalized spacial score (nSPS) is 13.8. The second-order valence-corrected chi connectivity index (χ2v) is 10.4. The number of nitrogens with zero attached hydrogens (tertiary/aromatic N) is 1. The van der Waals surface area contributed by atoms with Gasteiger partial charge in [0.25, 0.3) is 0 Å². The van der Waals surface area contributed by atoms with E-state index in [9.17, 15) is 4.79 Å². The second-order valence-electron chi connectivity index (χ2n) is 7.36. The SMILES string of the molecule is CCOC(=O)/C(=C\C1C=CC=C1)N=P(c1ccccc1)(c1ccccc1)c1ccccc1. The van der Waals surface area contributed by atoms with E-state index < -0.39 is 13.0 Å². The molecule has 3 nitrogen and oxygen atoms in total. The third-order valence-corrected chi connectivity index (χ3v) is 8.91. The minimum Gasteiger partial charge on any atom is -0.461 e. The highest BCUT2D eigenvalue weighted by Crippen LogP contribution is 2.48. The van der Waals surface area contributed by atoms with Gasteiger partial charge in [-0.1, -0.05) is 115 Å². The maximum absolute atomic E-state index is 13.1. The average Bonchev–Trinajstić information content (AvgIpc) is 3.37. The first-order chi connectivity index (χ1) is 15.7. The van der Waals surface area contributed by atoms with Crippen molar-refractivity contribution >= 4 is 28.9 Å². The van der Waals surface area contributed by atoms with Crippen LogP contribution in [0.2, 0.25) is 0 Å². The Labute approximate surface area is 189 Å². The molecule has 0 heterocycles. The van der Waals surface area contributed by atoms with Crippen molar-refractivity contribution in [2.45, 2.75) is 6.92 Å². The van der Waals surface area contributed by atoms with Crippen molar-refractivity contribution in [1.82, 2.24) is 0 Å². The lowest BCUT2D eigenvalue weighted by Gasteiger charge is -2.27. The fourth-order valence-electron chi connectivity index (χ4n) is 3.80. The molecule has 1 aliphatic carbocycles. The molecule has 0 bridgehead atoms. The monoisotopic (exact) mass is 439 g/mol. The van der Waals surface area contributed by atoms with Gasteiger partial charge in [-0.25, -0.2) is 9.54 Å². The standard InChI is InChI=1S/C28H26NO2P/c1-2-31-28(30)27(22-23-14-12-13-15-23)29-32(24-16-6-3-7-17-24,25-18-8-4-9-19-25)26-20-10-5-11-21-26/h3-23H,2H2,1H3/b27-22+. The lowest BCUT2D eigenvalue weighted by molar-refractivity contribution is -0.138. The number of carbonyl (C=O) groups is 1. The molecule has 0 saturated carbocycles. The van der Waals surface area contributed by atoms with Crippen molar-refractivity contribution in [3.63, 3.8) is 0 Å². The summed E-state index contributed by atoms with van der Waals surface area (Å²) in [5.74, 6) is -0.379. The van der Waals surface area contributed by atoms with Gasteiger partial charge in [-0.05, 0) is 13.0 Å². The quantitative estimate of drug-likeness (QED) is 0.283. The van der Waals surface area contributed by atoms with E-state index in [-0.39, 0.29) is 5.92 Å². The van der Waals surface area contributed by atoms with Crippen molar-refractivity contribution < 1.29 is 9.53 Å². The van der Waals surface area contributed by atoms with Crippen LogP contribution in [0, 0.1) is 5.92 Å². The fourth-order valence-corrected chi connectivity index (χ4v) is 7.33. The second kappa shape index (κ2) is 10.3. The van der Waals surface area contributed by atoms with Crippen LogP contribution >= 0.6 is 7.05 Å². The highest BCUT2D eigenvalue weighted by atomic mass is 31.2. The van der Waals surface area contributed by atoms with Gasteiger partial charge in [0.05, 0.1) is 13.7 Å². The molecule has 4 heteroatoms. The molecule has 0 spiro atoms. The van der Waals surface area contributed by atoms with Gasteiger partial charge < -0.3 is 4.74 Å². The molecule has 160 valence electrons. The summed E-state index contributed by atoms with van der Waals surface area (Å²) < 4.78 is 10.8. The molecule has 3 aromatic rings. The Bertz CT molecular complexity index is 1080. The van der Waals surface area contributed by atoms with Gasteiger partial charge in [-0.3, -0.25) is 0 Å². The van der Waals surface area contributed by atoms with Crippen LogP contribution in [0.3, 0.4) is 0 Å². The van der Waals surface area contributed by atoms with E-state index in [1.807, 2.05) is 91.9 Å². The van der Waals surface area contributed by atoms with Gasteiger partial charge in [0.15, 0.2) is 0 Å². The van der Waals surface area contributed by atoms with Gasteiger partial charge in [-0.15, -0.1) is 0 Å². The molecule has 0 fully saturated rings. The molecule has 0 aliphatic heterocycles. The molecule has 3 aromatic carbocycles. The molecule has 0 radical (unpaired) electrons. The summed E-state index contributed by atoms with van der Waals surface area (Å²) in [5, 5.41) is 3.26. The van der Waals surface area contributed by atoms with E-state index in [0.29, 0.717) is 12.3 Å². The van der Waals surface area contributed by atoms with Gasteiger partial charge in [-0.2, -0.15) is 0 Å². The molecule has 0 amide bonds. The van der Waals surface area contributed by atoms with Gasteiger partial charge in [0.1, 0.15) is 5.70 Å². The summed E-state index contributed by atoms with van der Waals surface area (Å²) in [6.45, 7) is 2.12. The average molecular weight is 439 g/mol. The van der Waals surface area contributed by atoms with Crippen LogP contribution in [0.5, 0.6) is 0 Å². The van der Waals surface area contributed by atoms with Crippen LogP contribution < -0.4 is 15.9 Å². The Kier molecular flexibility index (Phi) is 6.99. The zero-order valence-corrected chi connectivity index (χ0v) is 18.9. The highest BCUT2D eigenvalue weighted by Gasteiger charge is 2.29. The van der Waals surface area contributed by atoms with Crippen LogP contribution in [0.4, 0.5) is 0 Å². The van der Waals surface area contributed by atoms with E-state index in [2.05, 4.69) is 36.4 Å².